The van der Waals surface area contributed by atoms with Gasteiger partial charge in [-0.1, -0.05) is 43.3 Å². The summed E-state index contributed by atoms with van der Waals surface area (Å²) < 4.78 is 0. The van der Waals surface area contributed by atoms with Gasteiger partial charge in [0.15, 0.2) is 0 Å². The van der Waals surface area contributed by atoms with E-state index in [-0.39, 0.29) is 37.6 Å². The van der Waals surface area contributed by atoms with Gasteiger partial charge in [0.25, 0.3) is 0 Å². The molecule has 0 fully saturated rings. The van der Waals surface area contributed by atoms with Gasteiger partial charge in [-0.2, -0.15) is 0 Å². The first-order valence-corrected chi connectivity index (χ1v) is 4.97. The monoisotopic (exact) mass is 210 g/mol. The van der Waals surface area contributed by atoms with E-state index in [2.05, 4.69) is 25.1 Å². The molecule has 0 heterocycles. The van der Waals surface area contributed by atoms with Crippen molar-refractivity contribution in [3.8, 4) is 0 Å². The van der Waals surface area contributed by atoms with Gasteiger partial charge in [0, 0.05) is 0 Å². The van der Waals surface area contributed by atoms with E-state index >= 15 is 0 Å². The molecule has 0 saturated carbocycles. The largest absolute Gasteiger partial charge is 1.00 e. The average Bonchev–Trinajstić information content (AvgIpc) is 2.27. The summed E-state index contributed by atoms with van der Waals surface area (Å²) in [5.41, 5.74) is 2.32. The fourth-order valence-electron chi connectivity index (χ4n) is 1.95. The Balaban J connectivity index is 0.00000112. The smallest absolute Gasteiger partial charge is 1.00 e. The second kappa shape index (κ2) is 5.66. The van der Waals surface area contributed by atoms with Crippen molar-refractivity contribution in [3.63, 3.8) is 0 Å². The third-order valence-electron chi connectivity index (χ3n) is 2.66. The first-order chi connectivity index (χ1) is 6.86. The molecule has 1 N–H and O–H groups in total. The molecule has 1 nitrogen and oxygen atoms in total. The predicted octanol–water partition coefficient (Wildman–Crippen LogP) is 0.0110. The van der Waals surface area contributed by atoms with Gasteiger partial charge < -0.3 is 6.53 Å². The summed E-state index contributed by atoms with van der Waals surface area (Å²) in [5, 5.41) is 11.7. The predicted molar refractivity (Wildman–Crippen MR) is 60.4 cm³/mol. The van der Waals surface area contributed by atoms with Crippen LogP contribution in [-0.2, 0) is 13.0 Å². The van der Waals surface area contributed by atoms with Gasteiger partial charge in [0.2, 0.25) is 0 Å². The van der Waals surface area contributed by atoms with Crippen LogP contribution in [0.25, 0.3) is 10.8 Å². The van der Waals surface area contributed by atoms with Crippen molar-refractivity contribution in [3.05, 3.63) is 47.5 Å². The normalized spacial score (nSPS) is 10.0. The number of fused-ring (bicyclic) bond motifs is 1. The van der Waals surface area contributed by atoms with Crippen LogP contribution in [0.15, 0.2) is 36.4 Å². The van der Waals surface area contributed by atoms with E-state index in [0.29, 0.717) is 0 Å². The maximum atomic E-state index is 9.21. The Morgan fingerprint density at radius 1 is 1.13 bits per heavy atom. The van der Waals surface area contributed by atoms with Crippen LogP contribution in [0.4, 0.5) is 0 Å². The van der Waals surface area contributed by atoms with Crippen molar-refractivity contribution in [1.29, 1.82) is 0 Å². The Hall–Kier alpha value is -0.340. The zero-order valence-corrected chi connectivity index (χ0v) is 11.3. The zero-order valence-electron chi connectivity index (χ0n) is 10.3. The van der Waals surface area contributed by atoms with Crippen LogP contribution in [0.2, 0.25) is 0 Å². The molecule has 15 heavy (non-hydrogen) atoms. The van der Waals surface area contributed by atoms with Crippen molar-refractivity contribution < 1.29 is 36.1 Å². The molecule has 0 aliphatic heterocycles. The molecule has 0 aliphatic carbocycles. The van der Waals surface area contributed by atoms with Crippen LogP contribution in [-0.4, -0.2) is 5.11 Å². The van der Waals surface area contributed by atoms with Crippen molar-refractivity contribution in [2.45, 2.75) is 20.0 Å². The third-order valence-corrected chi connectivity index (χ3v) is 2.66. The van der Waals surface area contributed by atoms with Crippen LogP contribution in [0.3, 0.4) is 0 Å². The van der Waals surface area contributed by atoms with Crippen LogP contribution in [0, 0.1) is 0 Å². The fourth-order valence-corrected chi connectivity index (χ4v) is 1.95. The van der Waals surface area contributed by atoms with Gasteiger partial charge in [-0.15, -0.1) is 0 Å². The topological polar surface area (TPSA) is 20.2 Å². The van der Waals surface area contributed by atoms with E-state index in [0.717, 1.165) is 12.0 Å². The average molecular weight is 210 g/mol. The van der Waals surface area contributed by atoms with E-state index in [9.17, 15) is 5.11 Å². The van der Waals surface area contributed by atoms with E-state index in [1.807, 2.05) is 18.2 Å². The van der Waals surface area contributed by atoms with Gasteiger partial charge in [0.1, 0.15) is 0 Å². The molecule has 0 aromatic heterocycles. The summed E-state index contributed by atoms with van der Waals surface area (Å²) in [4.78, 5) is 0. The molecule has 0 atom stereocenters. The van der Waals surface area contributed by atoms with Crippen molar-refractivity contribution >= 4 is 10.8 Å². The molecule has 74 valence electrons. The van der Waals surface area contributed by atoms with E-state index in [4.69, 9.17) is 0 Å². The maximum absolute atomic E-state index is 9.21. The first-order valence-electron chi connectivity index (χ1n) is 4.97. The van der Waals surface area contributed by atoms with Gasteiger partial charge in [-0.05, 0) is 28.3 Å². The van der Waals surface area contributed by atoms with Crippen molar-refractivity contribution in [2.24, 2.45) is 0 Å². The summed E-state index contributed by atoms with van der Waals surface area (Å²) >= 11 is 0. The molecule has 2 rings (SSSR count). The second-order valence-electron chi connectivity index (χ2n) is 3.44. The van der Waals surface area contributed by atoms with Crippen LogP contribution in [0.1, 0.15) is 19.5 Å². The molecule has 2 aromatic carbocycles. The maximum Gasteiger partial charge on any atom is 1.00 e. The Bertz CT molecular complexity index is 457. The second-order valence-corrected chi connectivity index (χ2v) is 3.44. The van der Waals surface area contributed by atoms with Gasteiger partial charge in [0.05, 0.1) is 6.61 Å². The fraction of sp³-hybridized carbons (Fsp3) is 0.231. The van der Waals surface area contributed by atoms with Crippen LogP contribution in [0.5, 0.6) is 0 Å². The number of benzene rings is 2. The third kappa shape index (κ3) is 2.43. The molecule has 0 radical (unpaired) electrons. The van der Waals surface area contributed by atoms with Gasteiger partial charge in [-0.3, -0.25) is 0 Å². The summed E-state index contributed by atoms with van der Waals surface area (Å²) in [6.45, 7) is 2.26. The molecule has 2 heteroatoms. The Morgan fingerprint density at radius 2 is 1.87 bits per heavy atom. The van der Waals surface area contributed by atoms with Gasteiger partial charge >= 0.3 is 29.6 Å². The molecule has 0 aliphatic rings. The first kappa shape index (κ1) is 12.7. The van der Waals surface area contributed by atoms with Crippen molar-refractivity contribution in [2.75, 3.05) is 0 Å². The quantitative estimate of drug-likeness (QED) is 0.692. The molecular formula is C13H15NaO. The molecule has 0 bridgehead atoms. The van der Waals surface area contributed by atoms with Crippen molar-refractivity contribution in [1.82, 2.24) is 0 Å². The van der Waals surface area contributed by atoms with Gasteiger partial charge in [-0.25, -0.2) is 0 Å². The van der Waals surface area contributed by atoms with E-state index in [1.165, 1.54) is 16.3 Å². The van der Waals surface area contributed by atoms with E-state index < -0.39 is 0 Å². The molecular weight excluding hydrogens is 195 g/mol. The number of aliphatic hydroxyl groups excluding tert-OH is 1. The minimum atomic E-state index is 0. The standard InChI is InChI=1S/C13H14O.Na.H/c1-2-12-11(9-14)8-7-10-5-3-4-6-13(10)12;;/h3-8,14H,2,9H2,1H3;;/q;+1;-1. The number of hydrogen-bond acceptors (Lipinski definition) is 1. The van der Waals surface area contributed by atoms with Crippen LogP contribution >= 0.6 is 0 Å². The zero-order chi connectivity index (χ0) is 9.97. The SMILES string of the molecule is CCc1c(CO)ccc2ccccc12.[H-].[Na+]. The minimum Gasteiger partial charge on any atom is -1.00 e. The van der Waals surface area contributed by atoms with E-state index in [1.54, 1.807) is 0 Å². The minimum absolute atomic E-state index is 0. The summed E-state index contributed by atoms with van der Waals surface area (Å²) in [5.74, 6) is 0. The van der Waals surface area contributed by atoms with Crippen LogP contribution < -0.4 is 29.6 Å². The number of rotatable bonds is 2. The molecule has 0 unspecified atom stereocenters. The molecule has 2 aromatic rings. The molecule has 0 saturated heterocycles. The summed E-state index contributed by atoms with van der Waals surface area (Å²) in [6.07, 6.45) is 0.969. The number of hydrogen-bond donors (Lipinski definition) is 1. The summed E-state index contributed by atoms with van der Waals surface area (Å²) in [7, 11) is 0. The molecule has 0 amide bonds. The number of aryl methyl sites for hydroxylation is 1. The number of aliphatic hydroxyl groups is 1. The Kier molecular flexibility index (Phi) is 4.81. The Morgan fingerprint density at radius 3 is 2.53 bits per heavy atom. The Labute approximate surface area is 114 Å². The molecule has 0 spiro atoms. The summed E-state index contributed by atoms with van der Waals surface area (Å²) in [6, 6.07) is 12.4.